The standard InChI is InChI=1S/C15H23NO/c1-4-13(12-7-8-12)16-14-9-6-11(3)10-15(14)17-5-2/h6,9-10,12-13,16H,4-5,7-8H2,1-3H3. The highest BCUT2D eigenvalue weighted by molar-refractivity contribution is 5.58. The van der Waals surface area contributed by atoms with Crippen molar-refractivity contribution in [1.82, 2.24) is 0 Å². The predicted octanol–water partition coefficient (Wildman–Crippen LogP) is 3.99. The second-order valence-electron chi connectivity index (χ2n) is 4.93. The van der Waals surface area contributed by atoms with E-state index in [9.17, 15) is 0 Å². The summed E-state index contributed by atoms with van der Waals surface area (Å²) in [7, 11) is 0. The topological polar surface area (TPSA) is 21.3 Å². The minimum atomic E-state index is 0.608. The van der Waals surface area contributed by atoms with Crippen molar-refractivity contribution in [2.75, 3.05) is 11.9 Å². The van der Waals surface area contributed by atoms with Gasteiger partial charge < -0.3 is 10.1 Å². The van der Waals surface area contributed by atoms with Crippen LogP contribution in [0.25, 0.3) is 0 Å². The van der Waals surface area contributed by atoms with Gasteiger partial charge in [0, 0.05) is 6.04 Å². The Balaban J connectivity index is 2.12. The van der Waals surface area contributed by atoms with Crippen LogP contribution in [0.1, 0.15) is 38.7 Å². The van der Waals surface area contributed by atoms with Crippen LogP contribution in [-0.4, -0.2) is 12.6 Å². The molecule has 1 aromatic rings. The zero-order valence-corrected chi connectivity index (χ0v) is 11.1. The normalized spacial score (nSPS) is 16.6. The molecule has 2 nitrogen and oxygen atoms in total. The molecule has 1 fully saturated rings. The molecule has 0 aliphatic heterocycles. The molecule has 0 saturated heterocycles. The molecule has 0 amide bonds. The average Bonchev–Trinajstić information content (AvgIpc) is 3.13. The fourth-order valence-corrected chi connectivity index (χ4v) is 2.28. The van der Waals surface area contributed by atoms with Crippen LogP contribution in [0, 0.1) is 12.8 Å². The minimum Gasteiger partial charge on any atom is -0.492 e. The molecular formula is C15H23NO. The Kier molecular flexibility index (Phi) is 3.93. The molecule has 1 atom stereocenters. The number of ether oxygens (including phenoxy) is 1. The van der Waals surface area contributed by atoms with Crippen molar-refractivity contribution in [3.05, 3.63) is 23.8 Å². The number of hydrogen-bond donors (Lipinski definition) is 1. The first-order valence-corrected chi connectivity index (χ1v) is 6.74. The Morgan fingerprint density at radius 3 is 2.71 bits per heavy atom. The third kappa shape index (κ3) is 3.15. The summed E-state index contributed by atoms with van der Waals surface area (Å²) in [5.41, 5.74) is 2.40. The van der Waals surface area contributed by atoms with E-state index in [0.29, 0.717) is 6.04 Å². The maximum Gasteiger partial charge on any atom is 0.142 e. The second kappa shape index (κ2) is 5.44. The number of nitrogens with one attached hydrogen (secondary N) is 1. The number of aryl methyl sites for hydroxylation is 1. The van der Waals surface area contributed by atoms with Gasteiger partial charge in [0.1, 0.15) is 5.75 Å². The predicted molar refractivity (Wildman–Crippen MR) is 72.8 cm³/mol. The highest BCUT2D eigenvalue weighted by Gasteiger charge is 2.30. The summed E-state index contributed by atoms with van der Waals surface area (Å²) >= 11 is 0. The van der Waals surface area contributed by atoms with Crippen LogP contribution in [0.15, 0.2) is 18.2 Å². The molecular weight excluding hydrogens is 210 g/mol. The largest absolute Gasteiger partial charge is 0.492 e. The van der Waals surface area contributed by atoms with Gasteiger partial charge in [-0.15, -0.1) is 0 Å². The zero-order chi connectivity index (χ0) is 12.3. The van der Waals surface area contributed by atoms with E-state index in [1.54, 1.807) is 0 Å². The van der Waals surface area contributed by atoms with Crippen LogP contribution in [0.3, 0.4) is 0 Å². The smallest absolute Gasteiger partial charge is 0.142 e. The van der Waals surface area contributed by atoms with Crippen LogP contribution in [-0.2, 0) is 0 Å². The maximum atomic E-state index is 5.70. The third-order valence-electron chi connectivity index (χ3n) is 3.41. The van der Waals surface area contributed by atoms with Crippen molar-refractivity contribution in [1.29, 1.82) is 0 Å². The first-order valence-electron chi connectivity index (χ1n) is 6.74. The van der Waals surface area contributed by atoms with Crippen molar-refractivity contribution in [2.24, 2.45) is 5.92 Å². The molecule has 0 heterocycles. The summed E-state index contributed by atoms with van der Waals surface area (Å²) in [6, 6.07) is 7.01. The van der Waals surface area contributed by atoms with E-state index in [1.165, 1.54) is 24.8 Å². The van der Waals surface area contributed by atoms with Crippen molar-refractivity contribution in [3.8, 4) is 5.75 Å². The summed E-state index contributed by atoms with van der Waals surface area (Å²) < 4.78 is 5.70. The Bertz CT molecular complexity index is 371. The van der Waals surface area contributed by atoms with Gasteiger partial charge in [0.15, 0.2) is 0 Å². The van der Waals surface area contributed by atoms with Crippen molar-refractivity contribution in [3.63, 3.8) is 0 Å². The number of anilines is 1. The quantitative estimate of drug-likeness (QED) is 0.802. The lowest BCUT2D eigenvalue weighted by atomic mass is 10.1. The average molecular weight is 233 g/mol. The van der Waals surface area contributed by atoms with Gasteiger partial charge in [-0.3, -0.25) is 0 Å². The molecule has 1 saturated carbocycles. The van der Waals surface area contributed by atoms with Gasteiger partial charge in [-0.25, -0.2) is 0 Å². The summed E-state index contributed by atoms with van der Waals surface area (Å²) in [4.78, 5) is 0. The van der Waals surface area contributed by atoms with Crippen molar-refractivity contribution < 1.29 is 4.74 Å². The van der Waals surface area contributed by atoms with E-state index in [0.717, 1.165) is 24.0 Å². The van der Waals surface area contributed by atoms with Gasteiger partial charge in [0.25, 0.3) is 0 Å². The van der Waals surface area contributed by atoms with E-state index >= 15 is 0 Å². The molecule has 0 bridgehead atoms. The van der Waals surface area contributed by atoms with Gasteiger partial charge in [-0.1, -0.05) is 13.0 Å². The summed E-state index contributed by atoms with van der Waals surface area (Å²) in [6.45, 7) is 7.11. The molecule has 2 heteroatoms. The van der Waals surface area contributed by atoms with Gasteiger partial charge in [0.2, 0.25) is 0 Å². The Labute approximate surface area is 104 Å². The molecule has 0 spiro atoms. The number of rotatable bonds is 6. The van der Waals surface area contributed by atoms with Gasteiger partial charge in [-0.2, -0.15) is 0 Å². The molecule has 0 radical (unpaired) electrons. The fourth-order valence-electron chi connectivity index (χ4n) is 2.28. The molecule has 1 aliphatic rings. The zero-order valence-electron chi connectivity index (χ0n) is 11.1. The molecule has 94 valence electrons. The van der Waals surface area contributed by atoms with Gasteiger partial charge in [-0.05, 0) is 56.7 Å². The van der Waals surface area contributed by atoms with E-state index in [-0.39, 0.29) is 0 Å². The third-order valence-corrected chi connectivity index (χ3v) is 3.41. The van der Waals surface area contributed by atoms with Gasteiger partial charge in [0.05, 0.1) is 12.3 Å². The van der Waals surface area contributed by atoms with Gasteiger partial charge >= 0.3 is 0 Å². The Morgan fingerprint density at radius 1 is 1.35 bits per heavy atom. The lowest BCUT2D eigenvalue weighted by Gasteiger charge is -2.20. The molecule has 17 heavy (non-hydrogen) atoms. The van der Waals surface area contributed by atoms with Crippen LogP contribution in [0.2, 0.25) is 0 Å². The molecule has 1 unspecified atom stereocenters. The molecule has 1 aromatic carbocycles. The highest BCUT2D eigenvalue weighted by Crippen LogP contribution is 2.37. The molecule has 1 aliphatic carbocycles. The summed E-state index contributed by atoms with van der Waals surface area (Å²) in [6.07, 6.45) is 3.94. The van der Waals surface area contributed by atoms with Crippen LogP contribution in [0.5, 0.6) is 5.75 Å². The summed E-state index contributed by atoms with van der Waals surface area (Å²) in [5, 5.41) is 3.65. The summed E-state index contributed by atoms with van der Waals surface area (Å²) in [5.74, 6) is 1.86. The monoisotopic (exact) mass is 233 g/mol. The molecule has 2 rings (SSSR count). The Hall–Kier alpha value is -1.18. The Morgan fingerprint density at radius 2 is 2.12 bits per heavy atom. The van der Waals surface area contributed by atoms with Crippen LogP contribution >= 0.6 is 0 Å². The second-order valence-corrected chi connectivity index (χ2v) is 4.93. The van der Waals surface area contributed by atoms with Crippen molar-refractivity contribution >= 4 is 5.69 Å². The van der Waals surface area contributed by atoms with E-state index in [2.05, 4.69) is 37.4 Å². The van der Waals surface area contributed by atoms with E-state index < -0.39 is 0 Å². The lowest BCUT2D eigenvalue weighted by Crippen LogP contribution is -2.21. The van der Waals surface area contributed by atoms with Crippen LogP contribution in [0.4, 0.5) is 5.69 Å². The van der Waals surface area contributed by atoms with Crippen molar-refractivity contribution in [2.45, 2.75) is 46.1 Å². The maximum absolute atomic E-state index is 5.70. The first-order chi connectivity index (χ1) is 8.24. The number of hydrogen-bond acceptors (Lipinski definition) is 2. The van der Waals surface area contributed by atoms with Crippen LogP contribution < -0.4 is 10.1 Å². The lowest BCUT2D eigenvalue weighted by molar-refractivity contribution is 0.341. The molecule has 1 N–H and O–H groups in total. The fraction of sp³-hybridized carbons (Fsp3) is 0.600. The number of benzene rings is 1. The highest BCUT2D eigenvalue weighted by atomic mass is 16.5. The SMILES string of the molecule is CCOc1cc(C)ccc1NC(CC)C1CC1. The minimum absolute atomic E-state index is 0.608. The van der Waals surface area contributed by atoms with E-state index in [1.807, 2.05) is 6.92 Å². The first kappa shape index (κ1) is 12.3. The van der Waals surface area contributed by atoms with E-state index in [4.69, 9.17) is 4.74 Å². The molecule has 0 aromatic heterocycles.